The van der Waals surface area contributed by atoms with E-state index in [1.54, 1.807) is 0 Å². The summed E-state index contributed by atoms with van der Waals surface area (Å²) in [5.74, 6) is -0.505. The first-order chi connectivity index (χ1) is 9.70. The highest BCUT2D eigenvalue weighted by Gasteiger charge is 2.35. The van der Waals surface area contributed by atoms with Crippen LogP contribution in [-0.4, -0.2) is 17.7 Å². The second kappa shape index (κ2) is 5.68. The lowest BCUT2D eigenvalue weighted by molar-refractivity contribution is 0.241. The van der Waals surface area contributed by atoms with Gasteiger partial charge in [-0.3, -0.25) is 0 Å². The van der Waals surface area contributed by atoms with Crippen LogP contribution in [0.2, 0.25) is 0 Å². The van der Waals surface area contributed by atoms with E-state index in [0.29, 0.717) is 11.5 Å². The van der Waals surface area contributed by atoms with Gasteiger partial charge in [0.2, 0.25) is 0 Å². The van der Waals surface area contributed by atoms with Crippen LogP contribution < -0.4 is 4.90 Å². The van der Waals surface area contributed by atoms with Gasteiger partial charge in [0.25, 0.3) is 0 Å². The van der Waals surface area contributed by atoms with Gasteiger partial charge in [-0.05, 0) is 49.3 Å². The molecule has 0 spiro atoms. The summed E-state index contributed by atoms with van der Waals surface area (Å²) >= 11 is 0. The van der Waals surface area contributed by atoms with Gasteiger partial charge in [0, 0.05) is 12.6 Å². The van der Waals surface area contributed by atoms with E-state index in [2.05, 4.69) is 0 Å². The molecule has 0 unspecified atom stereocenters. The van der Waals surface area contributed by atoms with Crippen molar-refractivity contribution in [1.82, 2.24) is 0 Å². The summed E-state index contributed by atoms with van der Waals surface area (Å²) in [6.45, 7) is 0.396. The van der Waals surface area contributed by atoms with Crippen LogP contribution in [0.25, 0.3) is 0 Å². The average molecular weight is 281 g/mol. The van der Waals surface area contributed by atoms with Gasteiger partial charge in [-0.25, -0.2) is 8.78 Å². The van der Waals surface area contributed by atoms with Crippen LogP contribution in [0, 0.1) is 17.6 Å². The number of aliphatic hydroxyl groups excluding tert-OH is 1. The number of hydrogen-bond acceptors (Lipinski definition) is 2. The molecule has 1 saturated heterocycles. The minimum Gasteiger partial charge on any atom is -0.392 e. The molecule has 20 heavy (non-hydrogen) atoms. The summed E-state index contributed by atoms with van der Waals surface area (Å²) < 4.78 is 28.5. The summed E-state index contributed by atoms with van der Waals surface area (Å²) in [4.78, 5) is 1.94. The van der Waals surface area contributed by atoms with Gasteiger partial charge in [0.1, 0.15) is 17.3 Å². The quantitative estimate of drug-likeness (QED) is 0.895. The van der Waals surface area contributed by atoms with Crippen LogP contribution in [0.1, 0.15) is 44.1 Å². The summed E-state index contributed by atoms with van der Waals surface area (Å²) in [6.07, 6.45) is 6.78. The number of hydrogen-bond donors (Lipinski definition) is 1. The first-order valence-electron chi connectivity index (χ1n) is 7.56. The molecule has 2 atom stereocenters. The van der Waals surface area contributed by atoms with E-state index in [9.17, 15) is 8.78 Å². The molecule has 1 aliphatic heterocycles. The third kappa shape index (κ3) is 2.41. The predicted octanol–water partition coefficient (Wildman–Crippen LogP) is 3.62. The molecule has 0 radical (unpaired) electrons. The smallest absolute Gasteiger partial charge is 0.149 e. The Morgan fingerprint density at radius 1 is 1.05 bits per heavy atom. The SMILES string of the molecule is OCc1cc(F)c(N2CCC[C@H]3CCCC[C@H]32)c(F)c1. The number of anilines is 1. The molecule has 2 fully saturated rings. The largest absolute Gasteiger partial charge is 0.392 e. The van der Waals surface area contributed by atoms with Crippen molar-refractivity contribution in [3.8, 4) is 0 Å². The van der Waals surface area contributed by atoms with E-state index >= 15 is 0 Å². The van der Waals surface area contributed by atoms with Gasteiger partial charge in [-0.2, -0.15) is 0 Å². The molecule has 1 aliphatic carbocycles. The fourth-order valence-electron chi connectivity index (χ4n) is 3.89. The molecule has 1 aromatic carbocycles. The lowest BCUT2D eigenvalue weighted by atomic mass is 9.78. The molecule has 1 aromatic rings. The van der Waals surface area contributed by atoms with Gasteiger partial charge < -0.3 is 10.0 Å². The van der Waals surface area contributed by atoms with Gasteiger partial charge in [-0.1, -0.05) is 12.8 Å². The van der Waals surface area contributed by atoms with Crippen molar-refractivity contribution in [2.45, 2.75) is 51.2 Å². The van der Waals surface area contributed by atoms with Gasteiger partial charge in [0.05, 0.1) is 6.61 Å². The van der Waals surface area contributed by atoms with Crippen molar-refractivity contribution in [3.63, 3.8) is 0 Å². The normalized spacial score (nSPS) is 26.4. The van der Waals surface area contributed by atoms with Crippen molar-refractivity contribution in [2.24, 2.45) is 5.92 Å². The zero-order valence-electron chi connectivity index (χ0n) is 11.6. The lowest BCUT2D eigenvalue weighted by Gasteiger charge is -2.45. The van der Waals surface area contributed by atoms with Crippen molar-refractivity contribution in [3.05, 3.63) is 29.3 Å². The molecule has 1 heterocycles. The Balaban J connectivity index is 1.94. The van der Waals surface area contributed by atoms with E-state index in [0.717, 1.165) is 25.8 Å². The minimum atomic E-state index is -0.541. The van der Waals surface area contributed by atoms with Gasteiger partial charge in [-0.15, -0.1) is 0 Å². The molecule has 0 aromatic heterocycles. The van der Waals surface area contributed by atoms with Crippen LogP contribution >= 0.6 is 0 Å². The van der Waals surface area contributed by atoms with Crippen molar-refractivity contribution in [1.29, 1.82) is 0 Å². The zero-order chi connectivity index (χ0) is 14.1. The van der Waals surface area contributed by atoms with Crippen LogP contribution in [0.15, 0.2) is 12.1 Å². The Morgan fingerprint density at radius 2 is 1.70 bits per heavy atom. The zero-order valence-corrected chi connectivity index (χ0v) is 11.6. The molecule has 2 aliphatic rings. The van der Waals surface area contributed by atoms with E-state index < -0.39 is 11.6 Å². The van der Waals surface area contributed by atoms with E-state index in [-0.39, 0.29) is 18.3 Å². The molecular formula is C16H21F2NO. The fourth-order valence-corrected chi connectivity index (χ4v) is 3.89. The van der Waals surface area contributed by atoms with Crippen molar-refractivity contribution >= 4 is 5.69 Å². The van der Waals surface area contributed by atoms with E-state index in [1.165, 1.54) is 31.4 Å². The minimum absolute atomic E-state index is 0.110. The summed E-state index contributed by atoms with van der Waals surface area (Å²) in [6, 6.07) is 2.79. The highest BCUT2D eigenvalue weighted by molar-refractivity contribution is 5.52. The lowest BCUT2D eigenvalue weighted by Crippen LogP contribution is -2.47. The third-order valence-electron chi connectivity index (χ3n) is 4.79. The molecule has 4 heteroatoms. The van der Waals surface area contributed by atoms with E-state index in [4.69, 9.17) is 5.11 Å². The molecule has 110 valence electrons. The number of piperidine rings is 1. The summed E-state index contributed by atoms with van der Waals surface area (Å²) in [5, 5.41) is 9.03. The first-order valence-corrected chi connectivity index (χ1v) is 7.56. The maximum Gasteiger partial charge on any atom is 0.149 e. The molecule has 0 amide bonds. The Bertz CT molecular complexity index is 466. The molecule has 2 nitrogen and oxygen atoms in total. The summed E-state index contributed by atoms with van der Waals surface area (Å²) in [7, 11) is 0. The van der Waals surface area contributed by atoms with Crippen LogP contribution in [0.3, 0.4) is 0 Å². The fraction of sp³-hybridized carbons (Fsp3) is 0.625. The maximum atomic E-state index is 14.2. The number of halogens is 2. The molecule has 3 rings (SSSR count). The van der Waals surface area contributed by atoms with Gasteiger partial charge in [0.15, 0.2) is 0 Å². The van der Waals surface area contributed by atoms with Crippen LogP contribution in [-0.2, 0) is 6.61 Å². The Kier molecular flexibility index (Phi) is 3.92. The maximum absolute atomic E-state index is 14.2. The predicted molar refractivity (Wildman–Crippen MR) is 74.6 cm³/mol. The average Bonchev–Trinajstić information content (AvgIpc) is 2.46. The third-order valence-corrected chi connectivity index (χ3v) is 4.79. The monoisotopic (exact) mass is 281 g/mol. The highest BCUT2D eigenvalue weighted by atomic mass is 19.1. The number of rotatable bonds is 2. The first kappa shape index (κ1) is 13.8. The topological polar surface area (TPSA) is 23.5 Å². The number of nitrogens with zero attached hydrogens (tertiary/aromatic N) is 1. The van der Waals surface area contributed by atoms with Crippen molar-refractivity contribution in [2.75, 3.05) is 11.4 Å². The van der Waals surface area contributed by atoms with Crippen LogP contribution in [0.5, 0.6) is 0 Å². The standard InChI is InChI=1S/C16H21F2NO/c17-13-8-11(10-20)9-14(18)16(13)19-7-3-5-12-4-1-2-6-15(12)19/h8-9,12,15,20H,1-7,10H2/t12-,15-/m1/s1. The number of benzene rings is 1. The van der Waals surface area contributed by atoms with Gasteiger partial charge >= 0.3 is 0 Å². The molecule has 1 saturated carbocycles. The molecular weight excluding hydrogens is 260 g/mol. The Hall–Kier alpha value is -1.16. The Morgan fingerprint density at radius 3 is 2.40 bits per heavy atom. The van der Waals surface area contributed by atoms with Crippen LogP contribution in [0.4, 0.5) is 14.5 Å². The Labute approximate surface area is 118 Å². The summed E-state index contributed by atoms with van der Waals surface area (Å²) in [5.41, 5.74) is 0.403. The number of fused-ring (bicyclic) bond motifs is 1. The second-order valence-corrected chi connectivity index (χ2v) is 6.01. The van der Waals surface area contributed by atoms with Crippen molar-refractivity contribution < 1.29 is 13.9 Å². The molecule has 0 bridgehead atoms. The van der Waals surface area contributed by atoms with E-state index in [1.807, 2.05) is 4.90 Å². The second-order valence-electron chi connectivity index (χ2n) is 6.01. The molecule has 1 N–H and O–H groups in total. The highest BCUT2D eigenvalue weighted by Crippen LogP contribution is 2.39. The number of aliphatic hydroxyl groups is 1.